The van der Waals surface area contributed by atoms with Crippen LogP contribution in [-0.2, 0) is 0 Å². The van der Waals surface area contributed by atoms with Gasteiger partial charge in [-0.25, -0.2) is 23.5 Å². The molecule has 1 fully saturated rings. The monoisotopic (exact) mass is 362 g/mol. The van der Waals surface area contributed by atoms with Crippen molar-refractivity contribution in [2.75, 3.05) is 19.6 Å². The molecule has 3 aromatic heterocycles. The Morgan fingerprint density at radius 3 is 3.00 bits per heavy atom. The van der Waals surface area contributed by atoms with Gasteiger partial charge in [-0.15, -0.1) is 0 Å². The Balaban J connectivity index is 1.65. The van der Waals surface area contributed by atoms with Crippen molar-refractivity contribution < 1.29 is 13.6 Å². The van der Waals surface area contributed by atoms with E-state index in [0.717, 1.165) is 28.9 Å². The Labute approximate surface area is 148 Å². The van der Waals surface area contributed by atoms with Crippen LogP contribution in [0.5, 0.6) is 0 Å². The van der Waals surface area contributed by atoms with Crippen LogP contribution in [0.25, 0.3) is 16.8 Å². The lowest BCUT2D eigenvalue weighted by Crippen LogP contribution is -2.40. The van der Waals surface area contributed by atoms with Crippen molar-refractivity contribution in [2.45, 2.75) is 25.7 Å². The summed E-state index contributed by atoms with van der Waals surface area (Å²) in [5.74, 6) is 0.335. The summed E-state index contributed by atoms with van der Waals surface area (Å²) in [5, 5.41) is 2.30. The average Bonchev–Trinajstić information content (AvgIpc) is 3.34. The van der Waals surface area contributed by atoms with Gasteiger partial charge >= 0.3 is 6.03 Å². The maximum Gasteiger partial charge on any atom is 0.317 e. The van der Waals surface area contributed by atoms with E-state index in [2.05, 4.69) is 31.6 Å². The SMILES string of the molecule is CCC1CN(C(=O)NCC(F)F)CC1c1cnc2cnc3[nH]ccc3n12. The van der Waals surface area contributed by atoms with Crippen molar-refractivity contribution in [3.8, 4) is 0 Å². The number of urea groups is 1. The van der Waals surface area contributed by atoms with E-state index in [1.54, 1.807) is 11.1 Å². The molecule has 2 unspecified atom stereocenters. The molecule has 138 valence electrons. The first kappa shape index (κ1) is 16.7. The van der Waals surface area contributed by atoms with Crippen LogP contribution in [0.3, 0.4) is 0 Å². The molecule has 1 aliphatic rings. The van der Waals surface area contributed by atoms with Crippen LogP contribution in [0.1, 0.15) is 25.0 Å². The van der Waals surface area contributed by atoms with Crippen molar-refractivity contribution in [1.82, 2.24) is 29.6 Å². The van der Waals surface area contributed by atoms with E-state index in [0.29, 0.717) is 13.1 Å². The van der Waals surface area contributed by atoms with Crippen molar-refractivity contribution in [1.29, 1.82) is 0 Å². The number of nitrogens with one attached hydrogen (secondary N) is 2. The molecule has 1 aliphatic heterocycles. The number of H-pyrrole nitrogens is 1. The second-order valence-corrected chi connectivity index (χ2v) is 6.60. The summed E-state index contributed by atoms with van der Waals surface area (Å²) in [6.07, 6.45) is 3.71. The van der Waals surface area contributed by atoms with Gasteiger partial charge in [0.2, 0.25) is 0 Å². The topological polar surface area (TPSA) is 78.3 Å². The molecule has 2 N–H and O–H groups in total. The third-order valence-corrected chi connectivity index (χ3v) is 5.11. The van der Waals surface area contributed by atoms with Gasteiger partial charge in [-0.1, -0.05) is 13.3 Å². The molecule has 9 heteroatoms. The molecule has 0 bridgehead atoms. The summed E-state index contributed by atoms with van der Waals surface area (Å²) in [4.78, 5) is 25.7. The summed E-state index contributed by atoms with van der Waals surface area (Å²) >= 11 is 0. The molecule has 0 saturated carbocycles. The molecule has 0 radical (unpaired) electrons. The molecule has 0 spiro atoms. The smallest absolute Gasteiger partial charge is 0.317 e. The van der Waals surface area contributed by atoms with Crippen LogP contribution < -0.4 is 5.32 Å². The van der Waals surface area contributed by atoms with E-state index in [4.69, 9.17) is 0 Å². The minimum absolute atomic E-state index is 0.0906. The van der Waals surface area contributed by atoms with Crippen LogP contribution in [-0.4, -0.2) is 56.3 Å². The molecular formula is C17H20F2N6O. The van der Waals surface area contributed by atoms with E-state index >= 15 is 0 Å². The summed E-state index contributed by atoms with van der Waals surface area (Å²) in [5.41, 5.74) is 3.48. The number of aromatic nitrogens is 4. The first-order chi connectivity index (χ1) is 12.6. The first-order valence-corrected chi connectivity index (χ1v) is 8.68. The minimum atomic E-state index is -2.55. The third-order valence-electron chi connectivity index (χ3n) is 5.11. The molecule has 4 heterocycles. The molecule has 2 amide bonds. The fourth-order valence-corrected chi connectivity index (χ4v) is 3.82. The van der Waals surface area contributed by atoms with Gasteiger partial charge in [0.15, 0.2) is 11.3 Å². The van der Waals surface area contributed by atoms with Crippen molar-refractivity contribution in [3.63, 3.8) is 0 Å². The van der Waals surface area contributed by atoms with Crippen LogP contribution in [0.2, 0.25) is 0 Å². The predicted octanol–water partition coefficient (Wildman–Crippen LogP) is 2.61. The highest BCUT2D eigenvalue weighted by Crippen LogP contribution is 2.35. The molecule has 0 aliphatic carbocycles. The van der Waals surface area contributed by atoms with Gasteiger partial charge in [0.05, 0.1) is 18.3 Å². The van der Waals surface area contributed by atoms with Crippen LogP contribution in [0, 0.1) is 5.92 Å². The number of likely N-dealkylation sites (tertiary alicyclic amines) is 1. The molecule has 26 heavy (non-hydrogen) atoms. The van der Waals surface area contributed by atoms with Gasteiger partial charge in [-0.05, 0) is 12.0 Å². The summed E-state index contributed by atoms with van der Waals surface area (Å²) in [7, 11) is 0. The van der Waals surface area contributed by atoms with Gasteiger partial charge in [-0.2, -0.15) is 0 Å². The highest BCUT2D eigenvalue weighted by atomic mass is 19.3. The van der Waals surface area contributed by atoms with E-state index in [1.807, 2.05) is 18.5 Å². The Hall–Kier alpha value is -2.71. The van der Waals surface area contributed by atoms with Gasteiger partial charge < -0.3 is 15.2 Å². The maximum absolute atomic E-state index is 12.4. The quantitative estimate of drug-likeness (QED) is 0.749. The Bertz CT molecular complexity index is 936. The molecule has 2 atom stereocenters. The normalized spacial score (nSPS) is 20.5. The lowest BCUT2D eigenvalue weighted by molar-refractivity contribution is 0.141. The number of alkyl halides is 2. The molecular weight excluding hydrogens is 342 g/mol. The number of nitrogens with zero attached hydrogens (tertiary/aromatic N) is 4. The van der Waals surface area contributed by atoms with Gasteiger partial charge in [0.1, 0.15) is 0 Å². The lowest BCUT2D eigenvalue weighted by atomic mass is 9.91. The number of fused-ring (bicyclic) bond motifs is 3. The number of hydrogen-bond acceptors (Lipinski definition) is 3. The highest BCUT2D eigenvalue weighted by Gasteiger charge is 2.37. The zero-order chi connectivity index (χ0) is 18.3. The Morgan fingerprint density at radius 1 is 1.38 bits per heavy atom. The number of halogens is 2. The third kappa shape index (κ3) is 2.77. The van der Waals surface area contributed by atoms with E-state index in [1.165, 1.54) is 0 Å². The van der Waals surface area contributed by atoms with Crippen molar-refractivity contribution in [2.24, 2.45) is 5.92 Å². The molecule has 3 aromatic rings. The van der Waals surface area contributed by atoms with Gasteiger partial charge in [0.25, 0.3) is 6.43 Å². The van der Waals surface area contributed by atoms with Crippen LogP contribution >= 0.6 is 0 Å². The largest absolute Gasteiger partial charge is 0.345 e. The van der Waals surface area contributed by atoms with E-state index < -0.39 is 19.0 Å². The fourth-order valence-electron chi connectivity index (χ4n) is 3.82. The molecule has 4 rings (SSSR count). The van der Waals surface area contributed by atoms with Gasteiger partial charge in [-0.3, -0.25) is 4.40 Å². The fraction of sp³-hybridized carbons (Fsp3) is 0.471. The number of carbonyl (C=O) groups is 1. The van der Waals surface area contributed by atoms with Crippen molar-refractivity contribution in [3.05, 3.63) is 30.4 Å². The molecule has 0 aromatic carbocycles. The number of amides is 2. The minimum Gasteiger partial charge on any atom is -0.345 e. The van der Waals surface area contributed by atoms with E-state index in [9.17, 15) is 13.6 Å². The summed E-state index contributed by atoms with van der Waals surface area (Å²) < 4.78 is 26.8. The Morgan fingerprint density at radius 2 is 2.23 bits per heavy atom. The number of carbonyl (C=O) groups excluding carboxylic acids is 1. The standard InChI is InChI=1S/C17H20F2N6O/c1-2-10-8-24(17(26)23-6-14(18)19)9-11(10)13-5-21-15-7-22-16-12(25(13)15)3-4-20-16/h3-5,7,10-11,14,20H,2,6,8-9H2,1H3,(H,23,26). The molecule has 7 nitrogen and oxygen atoms in total. The van der Waals surface area contributed by atoms with Crippen LogP contribution in [0.4, 0.5) is 13.6 Å². The second-order valence-electron chi connectivity index (χ2n) is 6.60. The number of rotatable bonds is 4. The average molecular weight is 362 g/mol. The zero-order valence-corrected chi connectivity index (χ0v) is 14.3. The van der Waals surface area contributed by atoms with Crippen LogP contribution in [0.15, 0.2) is 24.7 Å². The number of hydrogen-bond donors (Lipinski definition) is 2. The molecule has 1 saturated heterocycles. The zero-order valence-electron chi connectivity index (χ0n) is 14.3. The van der Waals surface area contributed by atoms with Crippen molar-refractivity contribution >= 4 is 22.8 Å². The number of imidazole rings is 1. The number of aromatic amines is 1. The van der Waals surface area contributed by atoms with E-state index in [-0.39, 0.29) is 11.8 Å². The Kier molecular flexibility index (Phi) is 4.21. The highest BCUT2D eigenvalue weighted by molar-refractivity contribution is 5.76. The summed E-state index contributed by atoms with van der Waals surface area (Å²) in [6.45, 7) is 2.48. The first-order valence-electron chi connectivity index (χ1n) is 8.68. The lowest BCUT2D eigenvalue weighted by Gasteiger charge is -2.17. The van der Waals surface area contributed by atoms with Gasteiger partial charge in [0, 0.05) is 37.1 Å². The maximum atomic E-state index is 12.4. The predicted molar refractivity (Wildman–Crippen MR) is 92.3 cm³/mol. The summed E-state index contributed by atoms with van der Waals surface area (Å²) in [6, 6.07) is 1.51. The second kappa shape index (κ2) is 6.54.